The van der Waals surface area contributed by atoms with Crippen molar-refractivity contribution in [2.24, 2.45) is 0 Å². The van der Waals surface area contributed by atoms with Crippen LogP contribution in [-0.2, 0) is 6.42 Å². The highest BCUT2D eigenvalue weighted by Crippen LogP contribution is 2.26. The van der Waals surface area contributed by atoms with Gasteiger partial charge in [0.2, 0.25) is 0 Å². The summed E-state index contributed by atoms with van der Waals surface area (Å²) in [5.41, 5.74) is 1.70. The summed E-state index contributed by atoms with van der Waals surface area (Å²) in [6, 6.07) is 13.2. The quantitative estimate of drug-likeness (QED) is 0.690. The number of carbonyl (C=O) groups is 1. The maximum Gasteiger partial charge on any atom is 0.252 e. The first-order valence-corrected chi connectivity index (χ1v) is 8.47. The summed E-state index contributed by atoms with van der Waals surface area (Å²) in [6.45, 7) is 0.568. The van der Waals surface area contributed by atoms with Gasteiger partial charge in [-0.1, -0.05) is 41.4 Å². The fourth-order valence-corrected chi connectivity index (χ4v) is 3.80. The van der Waals surface area contributed by atoms with Crippen LogP contribution in [0.25, 0.3) is 10.1 Å². The molecule has 2 nitrogen and oxygen atoms in total. The molecule has 5 heteroatoms. The molecule has 1 heterocycles. The molecule has 0 saturated carbocycles. The second kappa shape index (κ2) is 6.69. The average molecular weight is 350 g/mol. The average Bonchev–Trinajstić information content (AvgIpc) is 2.90. The lowest BCUT2D eigenvalue weighted by Crippen LogP contribution is -2.25. The molecule has 1 amide bonds. The Kier molecular flexibility index (Phi) is 4.67. The van der Waals surface area contributed by atoms with E-state index in [9.17, 15) is 4.79 Å². The van der Waals surface area contributed by atoms with Gasteiger partial charge in [0.15, 0.2) is 0 Å². The number of fused-ring (bicyclic) bond motifs is 1. The van der Waals surface area contributed by atoms with Crippen LogP contribution in [0.3, 0.4) is 0 Å². The topological polar surface area (TPSA) is 29.1 Å². The number of thiophene rings is 1. The minimum atomic E-state index is -0.179. The van der Waals surface area contributed by atoms with Crippen molar-refractivity contribution >= 4 is 50.5 Å². The number of amides is 1. The van der Waals surface area contributed by atoms with Gasteiger partial charge in [-0.05, 0) is 47.0 Å². The van der Waals surface area contributed by atoms with Crippen LogP contribution in [-0.4, -0.2) is 12.5 Å². The number of hydrogen-bond acceptors (Lipinski definition) is 2. The molecular weight excluding hydrogens is 337 g/mol. The van der Waals surface area contributed by atoms with Crippen LogP contribution in [0, 0.1) is 0 Å². The normalized spacial score (nSPS) is 10.8. The van der Waals surface area contributed by atoms with E-state index in [4.69, 9.17) is 23.2 Å². The van der Waals surface area contributed by atoms with Crippen molar-refractivity contribution in [1.82, 2.24) is 5.32 Å². The molecule has 0 unspecified atom stereocenters. The van der Waals surface area contributed by atoms with Crippen molar-refractivity contribution in [2.75, 3.05) is 6.54 Å². The van der Waals surface area contributed by atoms with Crippen molar-refractivity contribution in [1.29, 1.82) is 0 Å². The molecule has 0 aliphatic carbocycles. The first-order chi connectivity index (χ1) is 10.6. The van der Waals surface area contributed by atoms with Gasteiger partial charge >= 0.3 is 0 Å². The fraction of sp³-hybridized carbons (Fsp3) is 0.118. The van der Waals surface area contributed by atoms with Crippen molar-refractivity contribution < 1.29 is 4.79 Å². The van der Waals surface area contributed by atoms with Crippen LogP contribution in [0.2, 0.25) is 10.0 Å². The van der Waals surface area contributed by atoms with Crippen molar-refractivity contribution in [3.8, 4) is 0 Å². The van der Waals surface area contributed by atoms with E-state index in [-0.39, 0.29) is 5.91 Å². The lowest BCUT2D eigenvalue weighted by atomic mass is 10.1. The Morgan fingerprint density at radius 3 is 2.77 bits per heavy atom. The van der Waals surface area contributed by atoms with Crippen molar-refractivity contribution in [3.63, 3.8) is 0 Å². The number of carbonyl (C=O) groups excluding carboxylic acids is 1. The van der Waals surface area contributed by atoms with E-state index in [1.54, 1.807) is 29.5 Å². The zero-order valence-corrected chi connectivity index (χ0v) is 13.9. The molecule has 0 radical (unpaired) electrons. The van der Waals surface area contributed by atoms with Gasteiger partial charge in [0.1, 0.15) is 0 Å². The summed E-state index contributed by atoms with van der Waals surface area (Å²) in [6.07, 6.45) is 0.793. The van der Waals surface area contributed by atoms with Crippen molar-refractivity contribution in [3.05, 3.63) is 69.0 Å². The van der Waals surface area contributed by atoms with E-state index in [2.05, 4.69) is 22.8 Å². The predicted octanol–water partition coefficient (Wildman–Crippen LogP) is 5.18. The van der Waals surface area contributed by atoms with Gasteiger partial charge in [-0.2, -0.15) is 0 Å². The zero-order valence-electron chi connectivity index (χ0n) is 11.6. The minimum Gasteiger partial charge on any atom is -0.352 e. The molecule has 22 heavy (non-hydrogen) atoms. The van der Waals surface area contributed by atoms with Gasteiger partial charge in [-0.15, -0.1) is 11.3 Å². The molecule has 3 aromatic rings. The fourth-order valence-electron chi connectivity index (χ4n) is 2.31. The first kappa shape index (κ1) is 15.3. The summed E-state index contributed by atoms with van der Waals surface area (Å²) < 4.78 is 1.27. The highest BCUT2D eigenvalue weighted by Gasteiger charge is 2.10. The summed E-state index contributed by atoms with van der Waals surface area (Å²) in [4.78, 5) is 12.1. The third-order valence-corrected chi connectivity index (χ3v) is 4.98. The molecule has 112 valence electrons. The Morgan fingerprint density at radius 1 is 1.14 bits per heavy atom. The van der Waals surface area contributed by atoms with E-state index < -0.39 is 0 Å². The Balaban J connectivity index is 1.64. The van der Waals surface area contributed by atoms with Gasteiger partial charge in [0, 0.05) is 16.3 Å². The Bertz CT molecular complexity index is 828. The Labute approximate surface area is 142 Å². The van der Waals surface area contributed by atoms with Gasteiger partial charge in [0.05, 0.1) is 10.6 Å². The van der Waals surface area contributed by atoms with E-state index >= 15 is 0 Å². The molecule has 3 rings (SSSR count). The maximum absolute atomic E-state index is 12.1. The van der Waals surface area contributed by atoms with Crippen LogP contribution in [0.1, 0.15) is 15.9 Å². The summed E-state index contributed by atoms with van der Waals surface area (Å²) >= 11 is 13.6. The van der Waals surface area contributed by atoms with Crippen LogP contribution in [0.4, 0.5) is 0 Å². The van der Waals surface area contributed by atoms with Gasteiger partial charge in [-0.3, -0.25) is 4.79 Å². The van der Waals surface area contributed by atoms with Crippen LogP contribution in [0.15, 0.2) is 47.8 Å². The summed E-state index contributed by atoms with van der Waals surface area (Å²) in [7, 11) is 0. The lowest BCUT2D eigenvalue weighted by molar-refractivity contribution is 0.0954. The van der Waals surface area contributed by atoms with Crippen molar-refractivity contribution in [2.45, 2.75) is 6.42 Å². The summed E-state index contributed by atoms with van der Waals surface area (Å²) in [5, 5.41) is 7.19. The van der Waals surface area contributed by atoms with Gasteiger partial charge in [-0.25, -0.2) is 0 Å². The van der Waals surface area contributed by atoms with Gasteiger partial charge in [0.25, 0.3) is 5.91 Å². The van der Waals surface area contributed by atoms with Crippen LogP contribution >= 0.6 is 34.5 Å². The zero-order chi connectivity index (χ0) is 15.5. The molecule has 2 aromatic carbocycles. The number of benzene rings is 2. The largest absolute Gasteiger partial charge is 0.352 e. The lowest BCUT2D eigenvalue weighted by Gasteiger charge is -2.07. The molecule has 1 N–H and O–H groups in total. The van der Waals surface area contributed by atoms with E-state index in [0.29, 0.717) is 22.2 Å². The van der Waals surface area contributed by atoms with E-state index in [1.165, 1.54) is 15.6 Å². The molecule has 0 saturated heterocycles. The molecule has 0 atom stereocenters. The van der Waals surface area contributed by atoms with Gasteiger partial charge < -0.3 is 5.32 Å². The molecule has 0 aliphatic rings. The Morgan fingerprint density at radius 2 is 1.95 bits per heavy atom. The van der Waals surface area contributed by atoms with E-state index in [1.807, 2.05) is 12.1 Å². The number of hydrogen-bond donors (Lipinski definition) is 1. The first-order valence-electron chi connectivity index (χ1n) is 6.83. The molecule has 0 spiro atoms. The summed E-state index contributed by atoms with van der Waals surface area (Å²) in [5.74, 6) is -0.179. The Hall–Kier alpha value is -1.55. The molecule has 0 fully saturated rings. The third kappa shape index (κ3) is 3.27. The molecule has 0 aliphatic heterocycles. The second-order valence-electron chi connectivity index (χ2n) is 4.89. The van der Waals surface area contributed by atoms with Crippen LogP contribution in [0.5, 0.6) is 0 Å². The molecular formula is C17H13Cl2NOS. The highest BCUT2D eigenvalue weighted by atomic mass is 35.5. The van der Waals surface area contributed by atoms with Crippen LogP contribution < -0.4 is 5.32 Å². The molecule has 1 aromatic heterocycles. The number of rotatable bonds is 4. The SMILES string of the molecule is O=C(NCCc1csc2ccccc12)c1ccc(Cl)cc1Cl. The second-order valence-corrected chi connectivity index (χ2v) is 6.64. The standard InChI is InChI=1S/C17H13Cl2NOS/c18-12-5-6-14(15(19)9-12)17(21)20-8-7-11-10-22-16-4-2-1-3-13(11)16/h1-6,9-10H,7-8H2,(H,20,21). The third-order valence-electron chi connectivity index (χ3n) is 3.42. The highest BCUT2D eigenvalue weighted by molar-refractivity contribution is 7.17. The molecule has 0 bridgehead atoms. The smallest absolute Gasteiger partial charge is 0.252 e. The number of halogens is 2. The minimum absolute atomic E-state index is 0.179. The number of nitrogens with one attached hydrogen (secondary N) is 1. The maximum atomic E-state index is 12.1. The predicted molar refractivity (Wildman–Crippen MR) is 94.3 cm³/mol. The van der Waals surface area contributed by atoms with E-state index in [0.717, 1.165) is 6.42 Å². The monoisotopic (exact) mass is 349 g/mol.